The SMILES string of the molecule is NC(=O)C1CN([C@@H](c2ccc(OC(F)(F)F)c(Cl)c2)c2coc(C(F)(F)F)n2)C(=O)O1. The van der Waals surface area contributed by atoms with Gasteiger partial charge in [-0.2, -0.15) is 13.2 Å². The molecule has 1 aromatic carbocycles. The number of ether oxygens (including phenoxy) is 2. The Morgan fingerprint density at radius 1 is 1.29 bits per heavy atom. The molecule has 1 aromatic heterocycles. The van der Waals surface area contributed by atoms with E-state index in [4.69, 9.17) is 22.1 Å². The molecule has 0 bridgehead atoms. The summed E-state index contributed by atoms with van der Waals surface area (Å²) in [6.07, 6.45) is -11.9. The van der Waals surface area contributed by atoms with E-state index < -0.39 is 65.6 Å². The maximum absolute atomic E-state index is 12.9. The molecule has 1 unspecified atom stereocenters. The Morgan fingerprint density at radius 2 is 1.97 bits per heavy atom. The van der Waals surface area contributed by atoms with Crippen molar-refractivity contribution in [1.29, 1.82) is 0 Å². The molecular weight excluding hydrogens is 464 g/mol. The quantitative estimate of drug-likeness (QED) is 0.664. The second kappa shape index (κ2) is 7.83. The summed E-state index contributed by atoms with van der Waals surface area (Å²) >= 11 is 5.81. The van der Waals surface area contributed by atoms with Crippen molar-refractivity contribution in [3.63, 3.8) is 0 Å². The molecule has 0 aliphatic carbocycles. The number of nitrogens with zero attached hydrogens (tertiary/aromatic N) is 2. The standard InChI is InChI=1S/C16H10ClF6N3O5/c17-7-3-6(1-2-9(7)31-16(21,22)23)11(8-5-29-13(25-8)15(18,19)20)26-4-10(12(24)27)30-14(26)28/h1-3,5,10-11H,4H2,(H2,24,27)/t10?,11-/m0/s1. The monoisotopic (exact) mass is 473 g/mol. The van der Waals surface area contributed by atoms with Crippen LogP contribution in [0.4, 0.5) is 31.1 Å². The number of amides is 2. The molecule has 1 aliphatic heterocycles. The normalized spacial score (nSPS) is 18.1. The van der Waals surface area contributed by atoms with E-state index in [2.05, 4.69) is 14.1 Å². The number of hydrogen-bond acceptors (Lipinski definition) is 6. The van der Waals surface area contributed by atoms with E-state index in [1.54, 1.807) is 0 Å². The molecular formula is C16H10ClF6N3O5. The Kier molecular flexibility index (Phi) is 5.69. The third-order valence-electron chi connectivity index (χ3n) is 4.01. The fourth-order valence-corrected chi connectivity index (χ4v) is 3.01. The first-order chi connectivity index (χ1) is 14.3. The fourth-order valence-electron chi connectivity index (χ4n) is 2.79. The molecule has 168 valence electrons. The molecule has 2 N–H and O–H groups in total. The summed E-state index contributed by atoms with van der Waals surface area (Å²) in [5.41, 5.74) is 4.58. The van der Waals surface area contributed by atoms with Crippen LogP contribution in [0.2, 0.25) is 5.02 Å². The molecule has 2 aromatic rings. The minimum absolute atomic E-state index is 0.0661. The Labute approximate surface area is 173 Å². The lowest BCUT2D eigenvalue weighted by molar-refractivity contribution is -0.274. The molecule has 0 radical (unpaired) electrons. The second-order valence-electron chi connectivity index (χ2n) is 6.14. The summed E-state index contributed by atoms with van der Waals surface area (Å²) in [7, 11) is 0. The lowest BCUT2D eigenvalue weighted by atomic mass is 10.0. The molecule has 0 spiro atoms. The summed E-state index contributed by atoms with van der Waals surface area (Å²) in [6, 6.07) is 1.29. The molecule has 15 heteroatoms. The molecule has 8 nitrogen and oxygen atoms in total. The van der Waals surface area contributed by atoms with Gasteiger partial charge >= 0.3 is 24.5 Å². The van der Waals surface area contributed by atoms with Gasteiger partial charge in [0, 0.05) is 0 Å². The van der Waals surface area contributed by atoms with Gasteiger partial charge in [0.05, 0.1) is 11.6 Å². The Morgan fingerprint density at radius 3 is 2.45 bits per heavy atom. The number of halogens is 7. The Hall–Kier alpha value is -3.16. The van der Waals surface area contributed by atoms with Gasteiger partial charge < -0.3 is 19.6 Å². The average Bonchev–Trinajstić information content (AvgIpc) is 3.24. The van der Waals surface area contributed by atoms with Gasteiger partial charge in [-0.05, 0) is 17.7 Å². The number of benzene rings is 1. The minimum atomic E-state index is -5.05. The van der Waals surface area contributed by atoms with Gasteiger partial charge in [-0.25, -0.2) is 9.78 Å². The van der Waals surface area contributed by atoms with Gasteiger partial charge in [0.1, 0.15) is 23.7 Å². The first-order valence-corrected chi connectivity index (χ1v) is 8.48. The number of hydrogen-bond donors (Lipinski definition) is 1. The highest BCUT2D eigenvalue weighted by molar-refractivity contribution is 6.32. The highest BCUT2D eigenvalue weighted by Gasteiger charge is 2.43. The topological polar surface area (TPSA) is 108 Å². The van der Waals surface area contributed by atoms with E-state index in [1.807, 2.05) is 0 Å². The largest absolute Gasteiger partial charge is 0.573 e. The average molecular weight is 474 g/mol. The maximum atomic E-state index is 12.9. The molecule has 2 atom stereocenters. The van der Waals surface area contributed by atoms with Gasteiger partial charge in [0.25, 0.3) is 5.91 Å². The third-order valence-corrected chi connectivity index (χ3v) is 4.31. The number of alkyl halides is 6. The molecule has 1 saturated heterocycles. The van der Waals surface area contributed by atoms with E-state index in [0.29, 0.717) is 6.26 Å². The first-order valence-electron chi connectivity index (χ1n) is 8.10. The number of carbonyl (C=O) groups is 2. The van der Waals surface area contributed by atoms with Crippen LogP contribution in [0.5, 0.6) is 5.75 Å². The van der Waals surface area contributed by atoms with Crippen LogP contribution >= 0.6 is 11.6 Å². The predicted molar refractivity (Wildman–Crippen MR) is 87.7 cm³/mol. The second-order valence-corrected chi connectivity index (χ2v) is 6.55. The van der Waals surface area contributed by atoms with Crippen molar-refractivity contribution >= 4 is 23.6 Å². The van der Waals surface area contributed by atoms with Crippen molar-refractivity contribution in [3.8, 4) is 5.75 Å². The number of cyclic esters (lactones) is 1. The maximum Gasteiger partial charge on any atom is 0.573 e. The van der Waals surface area contributed by atoms with Crippen molar-refractivity contribution in [2.45, 2.75) is 24.7 Å². The smallest absolute Gasteiger partial charge is 0.441 e. The van der Waals surface area contributed by atoms with Gasteiger partial charge in [-0.3, -0.25) is 9.69 Å². The van der Waals surface area contributed by atoms with E-state index in [9.17, 15) is 35.9 Å². The molecule has 1 aliphatic rings. The minimum Gasteiger partial charge on any atom is -0.441 e. The number of aromatic nitrogens is 1. The molecule has 31 heavy (non-hydrogen) atoms. The molecule has 0 saturated carbocycles. The summed E-state index contributed by atoms with van der Waals surface area (Å²) in [4.78, 5) is 27.7. The van der Waals surface area contributed by atoms with Crippen molar-refractivity contribution in [2.75, 3.05) is 6.54 Å². The van der Waals surface area contributed by atoms with Crippen LogP contribution in [0, 0.1) is 0 Å². The van der Waals surface area contributed by atoms with Gasteiger partial charge in [-0.15, -0.1) is 13.2 Å². The van der Waals surface area contributed by atoms with Crippen LogP contribution in [-0.2, 0) is 15.7 Å². The number of rotatable bonds is 5. The lowest BCUT2D eigenvalue weighted by Gasteiger charge is -2.25. The van der Waals surface area contributed by atoms with E-state index >= 15 is 0 Å². The van der Waals surface area contributed by atoms with Crippen LogP contribution in [0.3, 0.4) is 0 Å². The molecule has 2 heterocycles. The zero-order valence-electron chi connectivity index (χ0n) is 14.8. The van der Waals surface area contributed by atoms with Gasteiger partial charge in [0.15, 0.2) is 6.10 Å². The number of primary amides is 1. The van der Waals surface area contributed by atoms with E-state index in [-0.39, 0.29) is 5.56 Å². The summed E-state index contributed by atoms with van der Waals surface area (Å²) in [5.74, 6) is -3.43. The third kappa shape index (κ3) is 4.95. The predicted octanol–water partition coefficient (Wildman–Crippen LogP) is 3.64. The first kappa shape index (κ1) is 22.5. The summed E-state index contributed by atoms with van der Waals surface area (Å²) < 4.78 is 89.0. The van der Waals surface area contributed by atoms with Crippen LogP contribution in [0.1, 0.15) is 23.2 Å². The number of nitrogens with two attached hydrogens (primary N) is 1. The van der Waals surface area contributed by atoms with E-state index in [0.717, 1.165) is 23.1 Å². The van der Waals surface area contributed by atoms with Crippen LogP contribution in [0.25, 0.3) is 0 Å². The summed E-state index contributed by atoms with van der Waals surface area (Å²) in [6.45, 7) is -0.467. The Bertz CT molecular complexity index is 1010. The zero-order chi connectivity index (χ0) is 23.1. The van der Waals surface area contributed by atoms with Gasteiger partial charge in [-0.1, -0.05) is 17.7 Å². The van der Waals surface area contributed by atoms with Crippen molar-refractivity contribution in [3.05, 3.63) is 46.6 Å². The van der Waals surface area contributed by atoms with Gasteiger partial charge in [0.2, 0.25) is 0 Å². The van der Waals surface area contributed by atoms with Crippen LogP contribution in [0.15, 0.2) is 28.9 Å². The molecule has 1 fully saturated rings. The Balaban J connectivity index is 2.04. The van der Waals surface area contributed by atoms with E-state index in [1.165, 1.54) is 0 Å². The number of carbonyl (C=O) groups excluding carboxylic acids is 2. The van der Waals surface area contributed by atoms with Crippen LogP contribution in [-0.4, -0.2) is 40.9 Å². The zero-order valence-corrected chi connectivity index (χ0v) is 15.6. The summed E-state index contributed by atoms with van der Waals surface area (Å²) in [5, 5.41) is -0.557. The van der Waals surface area contributed by atoms with Crippen molar-refractivity contribution in [2.24, 2.45) is 5.73 Å². The molecule has 2 amide bonds. The van der Waals surface area contributed by atoms with Crippen molar-refractivity contribution in [1.82, 2.24) is 9.88 Å². The highest BCUT2D eigenvalue weighted by Crippen LogP contribution is 2.38. The van der Waals surface area contributed by atoms with Crippen LogP contribution < -0.4 is 10.5 Å². The molecule has 3 rings (SSSR count). The van der Waals surface area contributed by atoms with Crippen molar-refractivity contribution < 1.29 is 49.8 Å². The highest BCUT2D eigenvalue weighted by atomic mass is 35.5. The lowest BCUT2D eigenvalue weighted by Crippen LogP contribution is -2.35. The fraction of sp³-hybridized carbons (Fsp3) is 0.312. The number of oxazole rings is 1.